The quantitative estimate of drug-likeness (QED) is 0.406. The van der Waals surface area contributed by atoms with Crippen molar-refractivity contribution in [3.63, 3.8) is 0 Å². The third-order valence-electron chi connectivity index (χ3n) is 0. The predicted octanol–water partition coefficient (Wildman–Crippen LogP) is -0.391. The molecule has 0 nitrogen and oxygen atoms in total. The van der Waals surface area contributed by atoms with E-state index in [-0.39, 0.29) is 106 Å². The van der Waals surface area contributed by atoms with E-state index in [0.29, 0.717) is 0 Å². The molecule has 0 aromatic rings. The Morgan fingerprint density at radius 1 is 1.00 bits per heavy atom. The number of hydrogen-bond acceptors (Lipinski definition) is 0. The Kier molecular flexibility index (Phi) is 208. The van der Waals surface area contributed by atoms with Crippen LogP contribution in [0.3, 0.4) is 0 Å². The second-order valence-electron chi connectivity index (χ2n) is 0. The Balaban J connectivity index is 0. The second-order valence-corrected chi connectivity index (χ2v) is 0. The third-order valence-corrected chi connectivity index (χ3v) is 0. The Bertz CT molecular complexity index is 11.6. The first-order valence-electron chi connectivity index (χ1n) is 0. The van der Waals surface area contributed by atoms with Crippen LogP contribution in [-0.4, -0.2) is 27.3 Å². The topological polar surface area (TPSA) is 0 Å². The van der Waals surface area contributed by atoms with Crippen LogP contribution in [0.4, 0.5) is 0 Å². The van der Waals surface area contributed by atoms with E-state index < -0.39 is 0 Å². The fraction of sp³-hybridized carbons (Fsp3) is 0. The van der Waals surface area contributed by atoms with Crippen molar-refractivity contribution in [3.8, 4) is 0 Å². The zero-order valence-corrected chi connectivity index (χ0v) is 13.5. The van der Waals surface area contributed by atoms with Gasteiger partial charge in [0.2, 0.25) is 0 Å². The van der Waals surface area contributed by atoms with Crippen LogP contribution >= 0.6 is 0 Å². The van der Waals surface area contributed by atoms with Gasteiger partial charge in [0.1, 0.15) is 0 Å². The van der Waals surface area contributed by atoms with Gasteiger partial charge in [0.25, 0.3) is 0 Å². The summed E-state index contributed by atoms with van der Waals surface area (Å²) in [5.74, 6) is 0. The number of hydrogen-bond donors (Lipinski definition) is 0. The maximum absolute atomic E-state index is 0. The van der Waals surface area contributed by atoms with Gasteiger partial charge in [-0.2, -0.15) is 0 Å². The molecule has 0 aliphatic rings. The fourth-order valence-electron chi connectivity index (χ4n) is 0. The van der Waals surface area contributed by atoms with Crippen molar-refractivity contribution in [1.29, 1.82) is 0 Å². The largest absolute Gasteiger partial charge is 0 e. The van der Waals surface area contributed by atoms with E-state index in [9.17, 15) is 0 Å². The molecule has 0 N–H and O–H groups in total. The Labute approximate surface area is 104 Å². The number of rotatable bonds is 0. The molecule has 0 bridgehead atoms. The average Bonchev–Trinajstić information content (AvgIpc) is 0. The van der Waals surface area contributed by atoms with Crippen molar-refractivity contribution in [1.82, 2.24) is 0 Å². The van der Waals surface area contributed by atoms with Crippen molar-refractivity contribution < 1.29 is 78.8 Å². The van der Waals surface area contributed by atoms with Crippen molar-refractivity contribution >= 4 is 27.3 Å². The van der Waals surface area contributed by atoms with Crippen molar-refractivity contribution in [2.75, 3.05) is 0 Å². The molecule has 31 valence electrons. The molecule has 0 heterocycles. The zero-order chi connectivity index (χ0) is 0. The Morgan fingerprint density at radius 3 is 1.00 bits per heavy atom. The van der Waals surface area contributed by atoms with Gasteiger partial charge in [-0.25, -0.2) is 0 Å². The van der Waals surface area contributed by atoms with Crippen LogP contribution in [0.25, 0.3) is 0 Å². The van der Waals surface area contributed by atoms with E-state index >= 15 is 0 Å². The second kappa shape index (κ2) is 26.2. The van der Waals surface area contributed by atoms with Crippen LogP contribution in [-0.2, 0) is 78.8 Å². The summed E-state index contributed by atoms with van der Waals surface area (Å²) in [4.78, 5) is 0. The van der Waals surface area contributed by atoms with Gasteiger partial charge in [0, 0.05) is 106 Å². The maximum atomic E-state index is 0. The maximum Gasteiger partial charge on any atom is 0 e. The molecule has 0 fully saturated rings. The molecule has 0 rings (SSSR count). The van der Waals surface area contributed by atoms with Gasteiger partial charge in [-0.15, -0.1) is 0 Å². The van der Waals surface area contributed by atoms with E-state index in [0.717, 1.165) is 0 Å². The molecule has 0 aromatic carbocycles. The van der Waals surface area contributed by atoms with Crippen molar-refractivity contribution in [2.24, 2.45) is 0 Å². The minimum Gasteiger partial charge on any atom is 0 e. The summed E-state index contributed by atoms with van der Waals surface area (Å²) >= 11 is 0. The molecular weight excluding hydrogens is 491 g/mol. The first-order chi connectivity index (χ1) is 0. The monoisotopic (exact) mass is 493 g/mol. The van der Waals surface area contributed by atoms with Gasteiger partial charge in [-0.05, 0) is 0 Å². The summed E-state index contributed by atoms with van der Waals surface area (Å²) in [5.41, 5.74) is 0. The van der Waals surface area contributed by atoms with Crippen molar-refractivity contribution in [3.05, 3.63) is 0 Å². The molecule has 0 spiro atoms. The zero-order valence-electron chi connectivity index (χ0n) is 2.27. The van der Waals surface area contributed by atoms with Crippen LogP contribution in [0, 0.1) is 0 Å². The van der Waals surface area contributed by atoms with E-state index in [1.54, 1.807) is 0 Å². The van der Waals surface area contributed by atoms with Gasteiger partial charge in [-0.3, -0.25) is 0 Å². The molecule has 5 radical (unpaired) electrons. The minimum absolute atomic E-state index is 0. The average molecular weight is 491 g/mol. The van der Waals surface area contributed by atoms with Crippen LogP contribution in [0.15, 0.2) is 0 Å². The van der Waals surface area contributed by atoms with E-state index in [4.69, 9.17) is 0 Å². The molecule has 0 saturated heterocycles. The van der Waals surface area contributed by atoms with Crippen LogP contribution in [0.5, 0.6) is 0 Å². The van der Waals surface area contributed by atoms with Gasteiger partial charge >= 0.3 is 0 Å². The molecule has 0 amide bonds. The summed E-state index contributed by atoms with van der Waals surface area (Å²) in [6.45, 7) is 0. The normalized spacial score (nSPS) is 0. The van der Waals surface area contributed by atoms with Gasteiger partial charge in [-0.1, -0.05) is 0 Å². The standard InChI is InChI=1S/Cd.Cr.Cu.Fe.Pb. The fourth-order valence-corrected chi connectivity index (χ4v) is 0. The smallest absolute Gasteiger partial charge is 0 e. The van der Waals surface area contributed by atoms with E-state index in [1.807, 2.05) is 0 Å². The van der Waals surface area contributed by atoms with Crippen LogP contribution in [0.2, 0.25) is 0 Å². The molecule has 0 unspecified atom stereocenters. The van der Waals surface area contributed by atoms with Crippen LogP contribution in [0.1, 0.15) is 0 Å². The van der Waals surface area contributed by atoms with E-state index in [1.165, 1.54) is 0 Å². The molecule has 5 heavy (non-hydrogen) atoms. The first kappa shape index (κ1) is 39.7. The summed E-state index contributed by atoms with van der Waals surface area (Å²) in [7, 11) is 0. The first-order valence-corrected chi connectivity index (χ1v) is 0. The minimum atomic E-state index is 0. The van der Waals surface area contributed by atoms with Gasteiger partial charge in [0.05, 0.1) is 0 Å². The molecule has 0 aromatic heterocycles. The van der Waals surface area contributed by atoms with E-state index in [2.05, 4.69) is 0 Å². The summed E-state index contributed by atoms with van der Waals surface area (Å²) in [6, 6.07) is 0. The summed E-state index contributed by atoms with van der Waals surface area (Å²) in [5, 5.41) is 0. The van der Waals surface area contributed by atoms with Gasteiger partial charge < -0.3 is 0 Å². The van der Waals surface area contributed by atoms with Crippen molar-refractivity contribution in [2.45, 2.75) is 0 Å². The Hall–Kier alpha value is 3.42. The summed E-state index contributed by atoms with van der Waals surface area (Å²) < 4.78 is 0. The molecule has 0 saturated carbocycles. The van der Waals surface area contributed by atoms with Crippen LogP contribution < -0.4 is 0 Å². The molecule has 5 heteroatoms. The SMILES string of the molecule is [Cd].[Cr].[Cu].[Fe].[Pb]. The molecule has 0 aliphatic heterocycles. The Morgan fingerprint density at radius 2 is 1.00 bits per heavy atom. The van der Waals surface area contributed by atoms with Gasteiger partial charge in [0.15, 0.2) is 0 Å². The predicted molar refractivity (Wildman–Crippen MR) is 5.75 cm³/mol. The molecule has 0 aliphatic carbocycles. The molecule has 0 atom stereocenters. The molecular formula is CdCrCuFePb. The summed E-state index contributed by atoms with van der Waals surface area (Å²) in [6.07, 6.45) is 0. The third kappa shape index (κ3) is 18.6.